The van der Waals surface area contributed by atoms with Gasteiger partial charge in [-0.2, -0.15) is 26.3 Å². The van der Waals surface area contributed by atoms with Gasteiger partial charge in [0.1, 0.15) is 0 Å². The molecule has 2 aromatic rings. The average Bonchev–Trinajstić information content (AvgIpc) is 2.70. The molecule has 1 atom stereocenters. The van der Waals surface area contributed by atoms with Crippen molar-refractivity contribution < 1.29 is 41.1 Å². The van der Waals surface area contributed by atoms with E-state index in [1.165, 1.54) is 29.7 Å². The van der Waals surface area contributed by atoms with Crippen molar-refractivity contribution in [2.45, 2.75) is 38.7 Å². The van der Waals surface area contributed by atoms with E-state index in [4.69, 9.17) is 5.21 Å². The molecule has 5 nitrogen and oxygen atoms in total. The Morgan fingerprint density at radius 1 is 0.906 bits per heavy atom. The Hall–Kier alpha value is -3.08. The average molecular weight is 462 g/mol. The fourth-order valence-corrected chi connectivity index (χ4v) is 3.07. The second kappa shape index (κ2) is 9.60. The Balaban J connectivity index is 2.26. The minimum absolute atomic E-state index is 0.00239. The second-order valence-corrected chi connectivity index (χ2v) is 7.44. The number of rotatable bonds is 6. The first kappa shape index (κ1) is 25.2. The number of hydrogen-bond acceptors (Lipinski definition) is 3. The molecule has 174 valence electrons. The lowest BCUT2D eigenvalue weighted by Gasteiger charge is -2.23. The molecule has 1 unspecified atom stereocenters. The van der Waals surface area contributed by atoms with Gasteiger partial charge in [-0.3, -0.25) is 14.8 Å². The van der Waals surface area contributed by atoms with E-state index in [9.17, 15) is 35.9 Å². The molecule has 0 aliphatic carbocycles. The third kappa shape index (κ3) is 6.46. The lowest BCUT2D eigenvalue weighted by atomic mass is 9.94. The molecule has 0 spiro atoms. The van der Waals surface area contributed by atoms with Crippen LogP contribution in [-0.4, -0.2) is 17.0 Å². The van der Waals surface area contributed by atoms with Crippen molar-refractivity contribution >= 4 is 11.8 Å². The number of benzene rings is 2. The first-order chi connectivity index (χ1) is 14.7. The molecule has 0 aliphatic rings. The molecule has 2 rings (SSSR count). The highest BCUT2D eigenvalue weighted by atomic mass is 19.4. The number of carbonyl (C=O) groups is 2. The van der Waals surface area contributed by atoms with Gasteiger partial charge in [-0.1, -0.05) is 26.0 Å². The molecule has 0 radical (unpaired) electrons. The second-order valence-electron chi connectivity index (χ2n) is 7.44. The number of hydroxylamine groups is 1. The van der Waals surface area contributed by atoms with Gasteiger partial charge in [-0.25, -0.2) is 5.48 Å². The van der Waals surface area contributed by atoms with Crippen LogP contribution >= 0.6 is 0 Å². The summed E-state index contributed by atoms with van der Waals surface area (Å²) in [5, 5.41) is 11.3. The topological polar surface area (TPSA) is 78.4 Å². The van der Waals surface area contributed by atoms with E-state index in [1.807, 2.05) is 0 Å². The van der Waals surface area contributed by atoms with Crippen molar-refractivity contribution in [3.63, 3.8) is 0 Å². The maximum absolute atomic E-state index is 13.0. The molecule has 11 heteroatoms. The monoisotopic (exact) mass is 462 g/mol. The first-order valence-corrected chi connectivity index (χ1v) is 9.34. The van der Waals surface area contributed by atoms with E-state index in [0.717, 1.165) is 0 Å². The molecule has 0 aromatic heterocycles. The van der Waals surface area contributed by atoms with Crippen LogP contribution in [-0.2, 0) is 23.6 Å². The molecule has 0 saturated heterocycles. The molecule has 0 saturated carbocycles. The molecule has 0 fully saturated rings. The Morgan fingerprint density at radius 3 is 1.81 bits per heavy atom. The standard InChI is InChI=1S/C21H20F6N2O3/c1-11(2)18(13-3-5-14(6-4-13)19(31)29-32)28-17(30)9-12-7-15(20(22,23)24)10-16(8-12)21(25,26)27/h3-8,10-11,18,32H,9H2,1-2H3,(H,28,30)(H,29,31). The van der Waals surface area contributed by atoms with Crippen LogP contribution in [0.2, 0.25) is 0 Å². The van der Waals surface area contributed by atoms with E-state index in [0.29, 0.717) is 17.7 Å². The predicted octanol–water partition coefficient (Wildman–Crippen LogP) is 4.90. The van der Waals surface area contributed by atoms with Crippen molar-refractivity contribution in [3.8, 4) is 0 Å². The van der Waals surface area contributed by atoms with E-state index in [1.54, 1.807) is 13.8 Å². The van der Waals surface area contributed by atoms with Gasteiger partial charge in [0.2, 0.25) is 5.91 Å². The molecule has 0 aliphatic heterocycles. The van der Waals surface area contributed by atoms with Crippen LogP contribution in [0.1, 0.15) is 52.5 Å². The summed E-state index contributed by atoms with van der Waals surface area (Å²) in [7, 11) is 0. The van der Waals surface area contributed by atoms with Crippen LogP contribution in [0.3, 0.4) is 0 Å². The summed E-state index contributed by atoms with van der Waals surface area (Å²) in [6.07, 6.45) is -10.7. The van der Waals surface area contributed by atoms with Gasteiger partial charge in [0.25, 0.3) is 5.91 Å². The lowest BCUT2D eigenvalue weighted by Crippen LogP contribution is -2.33. The molecule has 0 bridgehead atoms. The van der Waals surface area contributed by atoms with Crippen LogP contribution < -0.4 is 10.8 Å². The Labute approximate surface area is 179 Å². The molecule has 2 amide bonds. The lowest BCUT2D eigenvalue weighted by molar-refractivity contribution is -0.143. The van der Waals surface area contributed by atoms with E-state index in [-0.39, 0.29) is 17.5 Å². The van der Waals surface area contributed by atoms with Crippen molar-refractivity contribution in [1.29, 1.82) is 0 Å². The maximum Gasteiger partial charge on any atom is 0.416 e. The number of halogens is 6. The van der Waals surface area contributed by atoms with Crippen molar-refractivity contribution in [1.82, 2.24) is 10.8 Å². The van der Waals surface area contributed by atoms with Crippen molar-refractivity contribution in [3.05, 3.63) is 70.3 Å². The first-order valence-electron chi connectivity index (χ1n) is 9.34. The van der Waals surface area contributed by atoms with Gasteiger partial charge in [0, 0.05) is 5.56 Å². The third-order valence-electron chi connectivity index (χ3n) is 4.63. The number of carbonyl (C=O) groups excluding carboxylic acids is 2. The Kier molecular flexibility index (Phi) is 7.55. The van der Waals surface area contributed by atoms with Crippen LogP contribution in [0.5, 0.6) is 0 Å². The summed E-state index contributed by atoms with van der Waals surface area (Å²) >= 11 is 0. The van der Waals surface area contributed by atoms with E-state index >= 15 is 0 Å². The summed E-state index contributed by atoms with van der Waals surface area (Å²) in [4.78, 5) is 23.9. The van der Waals surface area contributed by atoms with Crippen LogP contribution in [0.4, 0.5) is 26.3 Å². The summed E-state index contributed by atoms with van der Waals surface area (Å²) < 4.78 is 78.1. The van der Waals surface area contributed by atoms with Gasteiger partial charge in [0.05, 0.1) is 23.6 Å². The molecule has 0 heterocycles. The molecular formula is C21H20F6N2O3. The fraction of sp³-hybridized carbons (Fsp3) is 0.333. The van der Waals surface area contributed by atoms with Crippen LogP contribution in [0.15, 0.2) is 42.5 Å². The third-order valence-corrected chi connectivity index (χ3v) is 4.63. The zero-order chi connectivity index (χ0) is 24.3. The summed E-state index contributed by atoms with van der Waals surface area (Å²) in [5.41, 5.74) is -1.23. The highest BCUT2D eigenvalue weighted by molar-refractivity contribution is 5.93. The van der Waals surface area contributed by atoms with E-state index < -0.39 is 53.3 Å². The molecular weight excluding hydrogens is 442 g/mol. The largest absolute Gasteiger partial charge is 0.416 e. The predicted molar refractivity (Wildman–Crippen MR) is 102 cm³/mol. The Bertz CT molecular complexity index is 937. The van der Waals surface area contributed by atoms with Gasteiger partial charge in [-0.15, -0.1) is 0 Å². The number of nitrogens with one attached hydrogen (secondary N) is 2. The van der Waals surface area contributed by atoms with Crippen molar-refractivity contribution in [2.75, 3.05) is 0 Å². The number of hydrogen-bond donors (Lipinski definition) is 3. The highest BCUT2D eigenvalue weighted by Crippen LogP contribution is 2.36. The minimum Gasteiger partial charge on any atom is -0.349 e. The van der Waals surface area contributed by atoms with Gasteiger partial charge >= 0.3 is 12.4 Å². The quantitative estimate of drug-likeness (QED) is 0.325. The molecule has 32 heavy (non-hydrogen) atoms. The molecule has 3 N–H and O–H groups in total. The Morgan fingerprint density at radius 2 is 1.41 bits per heavy atom. The summed E-state index contributed by atoms with van der Waals surface area (Å²) in [5.74, 6) is -1.70. The zero-order valence-corrected chi connectivity index (χ0v) is 16.9. The molecule has 2 aromatic carbocycles. The van der Waals surface area contributed by atoms with E-state index in [2.05, 4.69) is 5.32 Å². The minimum atomic E-state index is -5.00. The SMILES string of the molecule is CC(C)C(NC(=O)Cc1cc(C(F)(F)F)cc(C(F)(F)F)c1)c1ccc(C(=O)NO)cc1. The van der Waals surface area contributed by atoms with Gasteiger partial charge in [0.15, 0.2) is 0 Å². The smallest absolute Gasteiger partial charge is 0.349 e. The zero-order valence-electron chi connectivity index (χ0n) is 16.9. The highest BCUT2D eigenvalue weighted by Gasteiger charge is 2.37. The van der Waals surface area contributed by atoms with Gasteiger partial charge < -0.3 is 5.32 Å². The van der Waals surface area contributed by atoms with Crippen LogP contribution in [0, 0.1) is 5.92 Å². The fourth-order valence-electron chi connectivity index (χ4n) is 3.07. The van der Waals surface area contributed by atoms with Crippen LogP contribution in [0.25, 0.3) is 0 Å². The summed E-state index contributed by atoms with van der Waals surface area (Å²) in [6.45, 7) is 3.51. The maximum atomic E-state index is 13.0. The number of amides is 2. The van der Waals surface area contributed by atoms with Gasteiger partial charge in [-0.05, 0) is 47.4 Å². The van der Waals surface area contributed by atoms with Crippen molar-refractivity contribution in [2.24, 2.45) is 5.92 Å². The number of alkyl halides is 6. The summed E-state index contributed by atoms with van der Waals surface area (Å²) in [6, 6.07) is 6.23. The normalized spacial score (nSPS) is 13.1.